The quantitative estimate of drug-likeness (QED) is 0.284. The van der Waals surface area contributed by atoms with Gasteiger partial charge in [-0.05, 0) is 80.8 Å². The van der Waals surface area contributed by atoms with Crippen LogP contribution in [0.15, 0.2) is 96.0 Å². The van der Waals surface area contributed by atoms with E-state index in [4.69, 9.17) is 0 Å². The molecular weight excluding hydrogens is 440 g/mol. The zero-order chi connectivity index (χ0) is 21.8. The lowest BCUT2D eigenvalue weighted by molar-refractivity contribution is 0.660. The first-order valence-corrected chi connectivity index (χ1v) is 11.5. The third-order valence-electron chi connectivity index (χ3n) is 6.67. The summed E-state index contributed by atoms with van der Waals surface area (Å²) in [5.41, 5.74) is 12.6. The van der Waals surface area contributed by atoms with E-state index in [0.717, 1.165) is 10.0 Å². The van der Waals surface area contributed by atoms with Crippen molar-refractivity contribution in [3.63, 3.8) is 0 Å². The molecular formula is C30H25Br. The Morgan fingerprint density at radius 2 is 1.39 bits per heavy atom. The van der Waals surface area contributed by atoms with Gasteiger partial charge in [0.15, 0.2) is 0 Å². The Bertz CT molecular complexity index is 1340. The molecule has 0 radical (unpaired) electrons. The lowest BCUT2D eigenvalue weighted by Gasteiger charge is -2.21. The molecule has 0 atom stereocenters. The van der Waals surface area contributed by atoms with Gasteiger partial charge in [0, 0.05) is 9.89 Å². The van der Waals surface area contributed by atoms with Crippen LogP contribution in [0.3, 0.4) is 0 Å². The predicted molar refractivity (Wildman–Crippen MR) is 136 cm³/mol. The van der Waals surface area contributed by atoms with Crippen LogP contribution in [0.1, 0.15) is 41.7 Å². The fraction of sp³-hybridized carbons (Fsp3) is 0.133. The van der Waals surface area contributed by atoms with Crippen molar-refractivity contribution in [2.24, 2.45) is 0 Å². The van der Waals surface area contributed by atoms with Crippen LogP contribution in [0.2, 0.25) is 0 Å². The Morgan fingerprint density at radius 1 is 0.710 bits per heavy atom. The highest BCUT2D eigenvalue weighted by Crippen LogP contribution is 2.49. The van der Waals surface area contributed by atoms with Gasteiger partial charge in [-0.3, -0.25) is 0 Å². The lowest BCUT2D eigenvalue weighted by Crippen LogP contribution is -2.14. The molecule has 0 saturated carbocycles. The van der Waals surface area contributed by atoms with E-state index in [2.05, 4.69) is 128 Å². The molecule has 0 unspecified atom stereocenters. The number of benzene rings is 4. The molecule has 0 heterocycles. The first-order chi connectivity index (χ1) is 14.9. The molecule has 4 aromatic rings. The van der Waals surface area contributed by atoms with Crippen molar-refractivity contribution in [2.75, 3.05) is 0 Å². The van der Waals surface area contributed by atoms with Crippen molar-refractivity contribution < 1.29 is 0 Å². The third-order valence-corrected chi connectivity index (χ3v) is 7.17. The minimum Gasteiger partial charge on any atom is -0.0905 e. The monoisotopic (exact) mass is 464 g/mol. The van der Waals surface area contributed by atoms with Crippen LogP contribution in [0.4, 0.5) is 0 Å². The topological polar surface area (TPSA) is 0 Å². The molecule has 0 bridgehead atoms. The van der Waals surface area contributed by atoms with E-state index in [0.29, 0.717) is 0 Å². The normalized spacial score (nSPS) is 13.5. The summed E-state index contributed by atoms with van der Waals surface area (Å²) in [6.45, 7) is 11.3. The van der Waals surface area contributed by atoms with E-state index in [9.17, 15) is 0 Å². The summed E-state index contributed by atoms with van der Waals surface area (Å²) in [5.74, 6) is 0. The van der Waals surface area contributed by atoms with Crippen LogP contribution in [0.5, 0.6) is 0 Å². The summed E-state index contributed by atoms with van der Waals surface area (Å²) in [6, 6.07) is 30.7. The third kappa shape index (κ3) is 3.20. The molecule has 0 N–H and O–H groups in total. The second-order valence-corrected chi connectivity index (χ2v) is 9.83. The van der Waals surface area contributed by atoms with Gasteiger partial charge in [0.05, 0.1) is 0 Å². The summed E-state index contributed by atoms with van der Waals surface area (Å²) in [4.78, 5) is 0. The van der Waals surface area contributed by atoms with Gasteiger partial charge < -0.3 is 0 Å². The standard InChI is InChI=1S/C30H25Br/c1-19-9-5-6-10-23(19)26-18-22(31)14-15-24(26)20(2)21-13-16-29-27(17-21)25-11-7-8-12-28(25)30(29,3)4/h5-18H,2H2,1,3-4H3. The Kier molecular flexibility index (Phi) is 4.75. The predicted octanol–water partition coefficient (Wildman–Crippen LogP) is 8.79. The minimum atomic E-state index is 0.0235. The molecule has 0 aromatic heterocycles. The van der Waals surface area contributed by atoms with E-state index in [-0.39, 0.29) is 5.41 Å². The van der Waals surface area contributed by atoms with Crippen LogP contribution in [0, 0.1) is 6.92 Å². The van der Waals surface area contributed by atoms with E-state index in [1.807, 2.05) is 0 Å². The highest BCUT2D eigenvalue weighted by atomic mass is 79.9. The Balaban J connectivity index is 1.66. The fourth-order valence-electron chi connectivity index (χ4n) is 4.94. The Hall–Kier alpha value is -2.90. The molecule has 0 fully saturated rings. The first kappa shape index (κ1) is 20.0. The number of halogens is 1. The smallest absolute Gasteiger partial charge is 0.0181 e. The maximum absolute atomic E-state index is 4.54. The molecule has 0 nitrogen and oxygen atoms in total. The molecule has 0 saturated heterocycles. The van der Waals surface area contributed by atoms with Crippen molar-refractivity contribution in [3.05, 3.63) is 124 Å². The van der Waals surface area contributed by atoms with Crippen LogP contribution < -0.4 is 0 Å². The fourth-order valence-corrected chi connectivity index (χ4v) is 5.30. The van der Waals surface area contributed by atoms with Crippen molar-refractivity contribution in [1.82, 2.24) is 0 Å². The van der Waals surface area contributed by atoms with Crippen molar-refractivity contribution in [3.8, 4) is 22.3 Å². The van der Waals surface area contributed by atoms with E-state index in [1.54, 1.807) is 0 Å². The highest BCUT2D eigenvalue weighted by molar-refractivity contribution is 9.10. The lowest BCUT2D eigenvalue weighted by atomic mass is 9.82. The summed E-state index contributed by atoms with van der Waals surface area (Å²) in [6.07, 6.45) is 0. The van der Waals surface area contributed by atoms with Crippen molar-refractivity contribution in [1.29, 1.82) is 0 Å². The summed E-state index contributed by atoms with van der Waals surface area (Å²) in [5, 5.41) is 0. The van der Waals surface area contributed by atoms with E-state index in [1.165, 1.54) is 50.1 Å². The van der Waals surface area contributed by atoms with E-state index < -0.39 is 0 Å². The zero-order valence-electron chi connectivity index (χ0n) is 18.2. The molecule has 1 heteroatoms. The van der Waals surface area contributed by atoms with Gasteiger partial charge >= 0.3 is 0 Å². The molecule has 1 aliphatic rings. The summed E-state index contributed by atoms with van der Waals surface area (Å²) >= 11 is 3.66. The van der Waals surface area contributed by atoms with Crippen LogP contribution in [0.25, 0.3) is 27.8 Å². The molecule has 152 valence electrons. The molecule has 1 aliphatic carbocycles. The van der Waals surface area contributed by atoms with Crippen LogP contribution in [-0.2, 0) is 5.41 Å². The van der Waals surface area contributed by atoms with Gasteiger partial charge in [-0.25, -0.2) is 0 Å². The zero-order valence-corrected chi connectivity index (χ0v) is 19.8. The van der Waals surface area contributed by atoms with Gasteiger partial charge in [0.2, 0.25) is 0 Å². The molecule has 0 spiro atoms. The van der Waals surface area contributed by atoms with Crippen molar-refractivity contribution in [2.45, 2.75) is 26.2 Å². The minimum absolute atomic E-state index is 0.0235. The molecule has 4 aromatic carbocycles. The second kappa shape index (κ2) is 7.35. The molecule has 31 heavy (non-hydrogen) atoms. The van der Waals surface area contributed by atoms with Gasteiger partial charge in [0.25, 0.3) is 0 Å². The maximum atomic E-state index is 4.54. The largest absolute Gasteiger partial charge is 0.0905 e. The first-order valence-electron chi connectivity index (χ1n) is 10.7. The number of hydrogen-bond donors (Lipinski definition) is 0. The van der Waals surface area contributed by atoms with Crippen LogP contribution in [-0.4, -0.2) is 0 Å². The second-order valence-electron chi connectivity index (χ2n) is 8.91. The van der Waals surface area contributed by atoms with Gasteiger partial charge in [-0.15, -0.1) is 0 Å². The molecule has 0 amide bonds. The number of fused-ring (bicyclic) bond motifs is 3. The Labute approximate surface area is 193 Å². The van der Waals surface area contributed by atoms with Gasteiger partial charge in [-0.1, -0.05) is 103 Å². The number of aryl methyl sites for hydroxylation is 1. The number of hydrogen-bond acceptors (Lipinski definition) is 0. The average Bonchev–Trinajstić information content (AvgIpc) is 3.00. The van der Waals surface area contributed by atoms with Crippen molar-refractivity contribution >= 4 is 21.5 Å². The molecule has 5 rings (SSSR count). The van der Waals surface area contributed by atoms with Gasteiger partial charge in [-0.2, -0.15) is 0 Å². The summed E-state index contributed by atoms with van der Waals surface area (Å²) in [7, 11) is 0. The maximum Gasteiger partial charge on any atom is 0.0181 e. The SMILES string of the molecule is C=C(c1ccc2c(c1)-c1ccccc1C2(C)C)c1ccc(Br)cc1-c1ccccc1C. The van der Waals surface area contributed by atoms with E-state index >= 15 is 0 Å². The highest BCUT2D eigenvalue weighted by Gasteiger charge is 2.35. The van der Waals surface area contributed by atoms with Crippen LogP contribution >= 0.6 is 15.9 Å². The van der Waals surface area contributed by atoms with Gasteiger partial charge in [0.1, 0.15) is 0 Å². The number of rotatable bonds is 3. The Morgan fingerprint density at radius 3 is 2.16 bits per heavy atom. The average molecular weight is 465 g/mol. The molecule has 0 aliphatic heterocycles. The summed E-state index contributed by atoms with van der Waals surface area (Å²) < 4.78 is 1.08.